The van der Waals surface area contributed by atoms with E-state index in [2.05, 4.69) is 10.2 Å². The first kappa shape index (κ1) is 12.5. The molecule has 0 aromatic carbocycles. The van der Waals surface area contributed by atoms with E-state index in [4.69, 9.17) is 0 Å². The molecule has 1 saturated heterocycles. The Kier molecular flexibility index (Phi) is 3.60. The van der Waals surface area contributed by atoms with Crippen LogP contribution in [0.1, 0.15) is 44.9 Å². The summed E-state index contributed by atoms with van der Waals surface area (Å²) in [5, 5.41) is 3.19. The third-order valence-corrected chi connectivity index (χ3v) is 5.47. The number of carbonyl (C=O) groups excluding carboxylic acids is 1. The van der Waals surface area contributed by atoms with Gasteiger partial charge in [0.15, 0.2) is 0 Å². The second-order valence-corrected chi connectivity index (χ2v) is 6.56. The molecule has 102 valence electrons. The fourth-order valence-corrected chi connectivity index (χ4v) is 4.44. The molecule has 0 aromatic rings. The smallest absolute Gasteiger partial charge is 0.239 e. The number of nitrogens with zero attached hydrogens (tertiary/aromatic N) is 1. The highest BCUT2D eigenvalue weighted by Gasteiger charge is 2.41. The molecule has 18 heavy (non-hydrogen) atoms. The number of nitrogens with one attached hydrogen (secondary N) is 1. The molecule has 1 aliphatic heterocycles. The van der Waals surface area contributed by atoms with E-state index in [1.165, 1.54) is 38.5 Å². The fraction of sp³-hybridized carbons (Fsp3) is 0.933. The topological polar surface area (TPSA) is 32.3 Å². The van der Waals surface area contributed by atoms with Gasteiger partial charge in [-0.1, -0.05) is 6.42 Å². The molecule has 4 unspecified atom stereocenters. The Morgan fingerprint density at radius 3 is 2.78 bits per heavy atom. The number of hydrogen-bond acceptors (Lipinski definition) is 2. The van der Waals surface area contributed by atoms with Gasteiger partial charge < -0.3 is 10.2 Å². The van der Waals surface area contributed by atoms with E-state index in [-0.39, 0.29) is 6.04 Å². The molecule has 1 heterocycles. The second-order valence-electron chi connectivity index (χ2n) is 6.56. The fourth-order valence-electron chi connectivity index (χ4n) is 4.44. The van der Waals surface area contributed by atoms with Crippen LogP contribution in [0.4, 0.5) is 0 Å². The maximum absolute atomic E-state index is 12.4. The molecule has 1 N–H and O–H groups in total. The SMILES string of the molecule is CNC1CCCCN(CC2CC3CCC2C3)C1=O. The quantitative estimate of drug-likeness (QED) is 0.831. The van der Waals surface area contributed by atoms with Crippen LogP contribution in [0.5, 0.6) is 0 Å². The molecular formula is C15H26N2O. The molecule has 3 fully saturated rings. The van der Waals surface area contributed by atoms with Crippen LogP contribution in [0.25, 0.3) is 0 Å². The van der Waals surface area contributed by atoms with Crippen molar-refractivity contribution in [3.8, 4) is 0 Å². The predicted octanol–water partition coefficient (Wildman–Crippen LogP) is 2.02. The van der Waals surface area contributed by atoms with Crippen LogP contribution in [-0.2, 0) is 4.79 Å². The summed E-state index contributed by atoms with van der Waals surface area (Å²) in [7, 11) is 1.92. The van der Waals surface area contributed by atoms with E-state index in [0.717, 1.165) is 37.3 Å². The number of amides is 1. The third kappa shape index (κ3) is 2.29. The maximum atomic E-state index is 12.4. The molecule has 3 aliphatic rings. The zero-order valence-electron chi connectivity index (χ0n) is 11.5. The highest BCUT2D eigenvalue weighted by Crippen LogP contribution is 2.48. The Labute approximate surface area is 110 Å². The Bertz CT molecular complexity index is 318. The molecule has 0 spiro atoms. The minimum Gasteiger partial charge on any atom is -0.341 e. The van der Waals surface area contributed by atoms with Crippen molar-refractivity contribution in [3.05, 3.63) is 0 Å². The zero-order chi connectivity index (χ0) is 12.5. The van der Waals surface area contributed by atoms with Crippen molar-refractivity contribution in [3.63, 3.8) is 0 Å². The van der Waals surface area contributed by atoms with Crippen LogP contribution in [0.3, 0.4) is 0 Å². The van der Waals surface area contributed by atoms with Crippen LogP contribution < -0.4 is 5.32 Å². The largest absolute Gasteiger partial charge is 0.341 e. The van der Waals surface area contributed by atoms with Gasteiger partial charge in [-0.3, -0.25) is 4.79 Å². The summed E-state index contributed by atoms with van der Waals surface area (Å²) in [4.78, 5) is 14.6. The van der Waals surface area contributed by atoms with Gasteiger partial charge in [0.25, 0.3) is 0 Å². The summed E-state index contributed by atoms with van der Waals surface area (Å²) in [5.74, 6) is 3.09. The summed E-state index contributed by atoms with van der Waals surface area (Å²) in [6.45, 7) is 2.03. The maximum Gasteiger partial charge on any atom is 0.239 e. The minimum absolute atomic E-state index is 0.0751. The Hall–Kier alpha value is -0.570. The minimum atomic E-state index is 0.0751. The first-order valence-corrected chi connectivity index (χ1v) is 7.74. The molecule has 1 amide bonds. The van der Waals surface area contributed by atoms with Gasteiger partial charge in [-0.15, -0.1) is 0 Å². The summed E-state index contributed by atoms with van der Waals surface area (Å²) in [6, 6.07) is 0.0751. The van der Waals surface area contributed by atoms with E-state index in [0.29, 0.717) is 5.91 Å². The number of rotatable bonds is 3. The lowest BCUT2D eigenvalue weighted by Gasteiger charge is -2.30. The van der Waals surface area contributed by atoms with Crippen molar-refractivity contribution in [2.45, 2.75) is 51.0 Å². The van der Waals surface area contributed by atoms with Gasteiger partial charge in [0.05, 0.1) is 6.04 Å². The average molecular weight is 250 g/mol. The molecule has 0 radical (unpaired) electrons. The Balaban J connectivity index is 1.62. The average Bonchev–Trinajstić information content (AvgIpc) is 2.94. The molecule has 3 nitrogen and oxygen atoms in total. The predicted molar refractivity (Wildman–Crippen MR) is 72.2 cm³/mol. The summed E-state index contributed by atoms with van der Waals surface area (Å²) in [5.41, 5.74) is 0. The normalized spacial score (nSPS) is 40.3. The standard InChI is InChI=1S/C15H26N2O/c1-16-14-4-2-3-7-17(15(14)18)10-13-9-11-5-6-12(13)8-11/h11-14,16H,2-10H2,1H3. The van der Waals surface area contributed by atoms with Gasteiger partial charge in [-0.05, 0) is 63.3 Å². The highest BCUT2D eigenvalue weighted by atomic mass is 16.2. The number of likely N-dealkylation sites (tertiary alicyclic amines) is 1. The van der Waals surface area contributed by atoms with Crippen LogP contribution in [-0.4, -0.2) is 37.0 Å². The van der Waals surface area contributed by atoms with Crippen molar-refractivity contribution < 1.29 is 4.79 Å². The van der Waals surface area contributed by atoms with Gasteiger partial charge in [0, 0.05) is 13.1 Å². The van der Waals surface area contributed by atoms with Gasteiger partial charge in [-0.2, -0.15) is 0 Å². The Morgan fingerprint density at radius 1 is 1.22 bits per heavy atom. The lowest BCUT2D eigenvalue weighted by molar-refractivity contribution is -0.133. The van der Waals surface area contributed by atoms with Crippen molar-refractivity contribution in [1.29, 1.82) is 0 Å². The molecule has 2 saturated carbocycles. The van der Waals surface area contributed by atoms with Gasteiger partial charge in [0.1, 0.15) is 0 Å². The number of likely N-dealkylation sites (N-methyl/N-ethyl adjacent to an activating group) is 1. The van der Waals surface area contributed by atoms with E-state index < -0.39 is 0 Å². The summed E-state index contributed by atoms with van der Waals surface area (Å²) in [6.07, 6.45) is 9.10. The van der Waals surface area contributed by atoms with Crippen molar-refractivity contribution >= 4 is 5.91 Å². The number of hydrogen-bond donors (Lipinski definition) is 1. The third-order valence-electron chi connectivity index (χ3n) is 5.47. The number of carbonyl (C=O) groups is 1. The Morgan fingerprint density at radius 2 is 2.11 bits per heavy atom. The second kappa shape index (κ2) is 5.20. The van der Waals surface area contributed by atoms with Crippen LogP contribution >= 0.6 is 0 Å². The van der Waals surface area contributed by atoms with Gasteiger partial charge in [0.2, 0.25) is 5.91 Å². The molecule has 4 atom stereocenters. The molecule has 0 aromatic heterocycles. The van der Waals surface area contributed by atoms with E-state index in [1.807, 2.05) is 7.05 Å². The zero-order valence-corrected chi connectivity index (χ0v) is 11.5. The van der Waals surface area contributed by atoms with E-state index in [1.54, 1.807) is 0 Å². The van der Waals surface area contributed by atoms with Crippen molar-refractivity contribution in [2.75, 3.05) is 20.1 Å². The molecule has 3 rings (SSSR count). The molecule has 2 bridgehead atoms. The van der Waals surface area contributed by atoms with E-state index >= 15 is 0 Å². The first-order valence-electron chi connectivity index (χ1n) is 7.74. The summed E-state index contributed by atoms with van der Waals surface area (Å²) >= 11 is 0. The highest BCUT2D eigenvalue weighted by molar-refractivity contribution is 5.82. The van der Waals surface area contributed by atoms with Crippen molar-refractivity contribution in [1.82, 2.24) is 10.2 Å². The van der Waals surface area contributed by atoms with Crippen LogP contribution in [0.15, 0.2) is 0 Å². The summed E-state index contributed by atoms with van der Waals surface area (Å²) < 4.78 is 0. The first-order chi connectivity index (χ1) is 8.78. The van der Waals surface area contributed by atoms with Gasteiger partial charge in [-0.25, -0.2) is 0 Å². The lowest BCUT2D eigenvalue weighted by atomic mass is 9.88. The van der Waals surface area contributed by atoms with Crippen LogP contribution in [0.2, 0.25) is 0 Å². The molecule has 3 heteroatoms. The van der Waals surface area contributed by atoms with Gasteiger partial charge >= 0.3 is 0 Å². The molecular weight excluding hydrogens is 224 g/mol. The monoisotopic (exact) mass is 250 g/mol. The number of fused-ring (bicyclic) bond motifs is 2. The lowest BCUT2D eigenvalue weighted by Crippen LogP contribution is -2.46. The van der Waals surface area contributed by atoms with Crippen LogP contribution in [0, 0.1) is 17.8 Å². The van der Waals surface area contributed by atoms with Crippen molar-refractivity contribution in [2.24, 2.45) is 17.8 Å². The van der Waals surface area contributed by atoms with E-state index in [9.17, 15) is 4.79 Å². The molecule has 2 aliphatic carbocycles.